The molecule has 1 N–H and O–H groups in total. The number of rotatable bonds is 3. The molecule has 1 fully saturated rings. The number of alkyl halides is 1. The van der Waals surface area contributed by atoms with E-state index in [-0.39, 0.29) is 5.56 Å². The molecule has 1 aromatic carbocycles. The highest BCUT2D eigenvalue weighted by molar-refractivity contribution is 5.33. The zero-order chi connectivity index (χ0) is 13.2. The van der Waals surface area contributed by atoms with Crippen LogP contribution in [0.25, 0.3) is 0 Å². The van der Waals surface area contributed by atoms with E-state index in [1.807, 2.05) is 6.07 Å². The van der Waals surface area contributed by atoms with Gasteiger partial charge < -0.3 is 5.32 Å². The Labute approximate surface area is 108 Å². The number of hydrogen-bond donors (Lipinski definition) is 1. The molecule has 1 aliphatic rings. The first-order chi connectivity index (χ1) is 8.48. The van der Waals surface area contributed by atoms with Crippen molar-refractivity contribution in [3.05, 3.63) is 35.1 Å². The van der Waals surface area contributed by atoms with E-state index in [2.05, 4.69) is 5.32 Å². The standard InChI is InChI=1S/C15H21F2N/c1-15(2,17)14-12(4-3-5-13(14)16)10-11-6-8-18-9-7-11/h3-5,11,18H,6-10H2,1-2H3. The van der Waals surface area contributed by atoms with Gasteiger partial charge in [-0.25, -0.2) is 8.78 Å². The van der Waals surface area contributed by atoms with Gasteiger partial charge in [0.1, 0.15) is 11.5 Å². The molecule has 1 saturated heterocycles. The normalized spacial score (nSPS) is 18.0. The molecule has 0 amide bonds. The van der Waals surface area contributed by atoms with E-state index in [1.165, 1.54) is 19.9 Å². The summed E-state index contributed by atoms with van der Waals surface area (Å²) in [5.41, 5.74) is -0.550. The second kappa shape index (κ2) is 5.35. The van der Waals surface area contributed by atoms with Crippen molar-refractivity contribution in [3.63, 3.8) is 0 Å². The Bertz CT molecular complexity index is 403. The van der Waals surface area contributed by atoms with Gasteiger partial charge in [0.2, 0.25) is 0 Å². The van der Waals surface area contributed by atoms with Gasteiger partial charge in [0.05, 0.1) is 0 Å². The van der Waals surface area contributed by atoms with Crippen molar-refractivity contribution in [2.24, 2.45) is 5.92 Å². The summed E-state index contributed by atoms with van der Waals surface area (Å²) in [5, 5.41) is 3.31. The Morgan fingerprint density at radius 3 is 2.56 bits per heavy atom. The van der Waals surface area contributed by atoms with Crippen molar-refractivity contribution < 1.29 is 8.78 Å². The third kappa shape index (κ3) is 3.08. The monoisotopic (exact) mass is 253 g/mol. The summed E-state index contributed by atoms with van der Waals surface area (Å²) in [4.78, 5) is 0. The fourth-order valence-corrected chi connectivity index (χ4v) is 2.80. The lowest BCUT2D eigenvalue weighted by molar-refractivity contribution is 0.210. The van der Waals surface area contributed by atoms with E-state index in [0.717, 1.165) is 37.9 Å². The molecule has 0 spiro atoms. The van der Waals surface area contributed by atoms with Gasteiger partial charge in [0.25, 0.3) is 0 Å². The Morgan fingerprint density at radius 1 is 1.28 bits per heavy atom. The fraction of sp³-hybridized carbons (Fsp3) is 0.600. The molecule has 0 aliphatic carbocycles. The van der Waals surface area contributed by atoms with Crippen LogP contribution in [0.15, 0.2) is 18.2 Å². The van der Waals surface area contributed by atoms with E-state index < -0.39 is 11.5 Å². The Balaban J connectivity index is 2.24. The van der Waals surface area contributed by atoms with Crippen LogP contribution in [0.2, 0.25) is 0 Å². The van der Waals surface area contributed by atoms with Gasteiger partial charge in [-0.2, -0.15) is 0 Å². The third-order valence-corrected chi connectivity index (χ3v) is 3.66. The second-order valence-corrected chi connectivity index (χ2v) is 5.64. The van der Waals surface area contributed by atoms with Crippen molar-refractivity contribution in [1.82, 2.24) is 5.32 Å². The maximum Gasteiger partial charge on any atom is 0.133 e. The first-order valence-corrected chi connectivity index (χ1v) is 6.66. The van der Waals surface area contributed by atoms with Gasteiger partial charge in [0.15, 0.2) is 0 Å². The SMILES string of the molecule is CC(C)(F)c1c(F)cccc1CC1CCNCC1. The summed E-state index contributed by atoms with van der Waals surface area (Å²) < 4.78 is 28.0. The van der Waals surface area contributed by atoms with Gasteiger partial charge >= 0.3 is 0 Å². The predicted octanol–water partition coefficient (Wildman–Crippen LogP) is 3.57. The molecule has 0 bridgehead atoms. The van der Waals surface area contributed by atoms with Crippen LogP contribution >= 0.6 is 0 Å². The van der Waals surface area contributed by atoms with Crippen LogP contribution in [0.4, 0.5) is 8.78 Å². The third-order valence-electron chi connectivity index (χ3n) is 3.66. The highest BCUT2D eigenvalue weighted by Crippen LogP contribution is 2.32. The van der Waals surface area contributed by atoms with Crippen molar-refractivity contribution in [3.8, 4) is 0 Å². The summed E-state index contributed by atoms with van der Waals surface area (Å²) in [5.74, 6) is 0.114. The number of nitrogens with one attached hydrogen (secondary N) is 1. The molecule has 0 atom stereocenters. The van der Waals surface area contributed by atoms with Crippen LogP contribution in [0.5, 0.6) is 0 Å². The molecule has 1 heterocycles. The van der Waals surface area contributed by atoms with Gasteiger partial charge in [-0.15, -0.1) is 0 Å². The molecule has 0 aromatic heterocycles. The van der Waals surface area contributed by atoms with Crippen LogP contribution in [-0.2, 0) is 12.1 Å². The van der Waals surface area contributed by atoms with Gasteiger partial charge in [0, 0.05) is 5.56 Å². The minimum absolute atomic E-state index is 0.239. The van der Waals surface area contributed by atoms with Crippen LogP contribution in [0, 0.1) is 11.7 Å². The maximum absolute atomic E-state index is 14.1. The minimum atomic E-state index is -1.62. The Hall–Kier alpha value is -0.960. The van der Waals surface area contributed by atoms with Gasteiger partial charge in [-0.05, 0) is 63.7 Å². The molecular formula is C15H21F2N. The highest BCUT2D eigenvalue weighted by atomic mass is 19.1. The van der Waals surface area contributed by atoms with E-state index in [1.54, 1.807) is 6.07 Å². The van der Waals surface area contributed by atoms with Crippen LogP contribution in [0.1, 0.15) is 37.8 Å². The van der Waals surface area contributed by atoms with E-state index >= 15 is 0 Å². The quantitative estimate of drug-likeness (QED) is 0.868. The van der Waals surface area contributed by atoms with Crippen molar-refractivity contribution in [2.75, 3.05) is 13.1 Å². The molecule has 0 radical (unpaired) electrons. The Morgan fingerprint density at radius 2 is 1.94 bits per heavy atom. The molecule has 1 nitrogen and oxygen atoms in total. The lowest BCUT2D eigenvalue weighted by Gasteiger charge is -2.26. The number of hydrogen-bond acceptors (Lipinski definition) is 1. The first-order valence-electron chi connectivity index (χ1n) is 6.66. The summed E-state index contributed by atoms with van der Waals surface area (Å²) in [6, 6.07) is 4.89. The van der Waals surface area contributed by atoms with E-state index in [4.69, 9.17) is 0 Å². The zero-order valence-corrected chi connectivity index (χ0v) is 11.1. The number of halogens is 2. The topological polar surface area (TPSA) is 12.0 Å². The molecule has 0 unspecified atom stereocenters. The molecule has 1 aliphatic heterocycles. The molecule has 18 heavy (non-hydrogen) atoms. The van der Waals surface area contributed by atoms with Crippen molar-refractivity contribution in [1.29, 1.82) is 0 Å². The average Bonchev–Trinajstić information content (AvgIpc) is 2.28. The van der Waals surface area contributed by atoms with Gasteiger partial charge in [-0.3, -0.25) is 0 Å². The summed E-state index contributed by atoms with van der Waals surface area (Å²) in [7, 11) is 0. The van der Waals surface area contributed by atoms with E-state index in [0.29, 0.717) is 5.92 Å². The fourth-order valence-electron chi connectivity index (χ4n) is 2.80. The molecule has 1 aromatic rings. The number of piperidine rings is 1. The predicted molar refractivity (Wildman–Crippen MR) is 69.8 cm³/mol. The molecule has 3 heteroatoms. The molecule has 100 valence electrons. The summed E-state index contributed by atoms with van der Waals surface area (Å²) >= 11 is 0. The molecule has 0 saturated carbocycles. The molecular weight excluding hydrogens is 232 g/mol. The van der Waals surface area contributed by atoms with Crippen LogP contribution in [0.3, 0.4) is 0 Å². The highest BCUT2D eigenvalue weighted by Gasteiger charge is 2.27. The van der Waals surface area contributed by atoms with Crippen LogP contribution < -0.4 is 5.32 Å². The van der Waals surface area contributed by atoms with E-state index in [9.17, 15) is 8.78 Å². The van der Waals surface area contributed by atoms with Gasteiger partial charge in [-0.1, -0.05) is 12.1 Å². The maximum atomic E-state index is 14.1. The Kier molecular flexibility index (Phi) is 4.00. The second-order valence-electron chi connectivity index (χ2n) is 5.64. The largest absolute Gasteiger partial charge is 0.317 e. The van der Waals surface area contributed by atoms with Crippen molar-refractivity contribution >= 4 is 0 Å². The number of benzene rings is 1. The van der Waals surface area contributed by atoms with Crippen molar-refractivity contribution in [2.45, 2.75) is 38.8 Å². The van der Waals surface area contributed by atoms with Crippen LogP contribution in [-0.4, -0.2) is 13.1 Å². The minimum Gasteiger partial charge on any atom is -0.317 e. The summed E-state index contributed by atoms with van der Waals surface area (Å²) in [6.07, 6.45) is 2.95. The zero-order valence-electron chi connectivity index (χ0n) is 11.1. The average molecular weight is 253 g/mol. The summed E-state index contributed by atoms with van der Waals surface area (Å²) in [6.45, 7) is 4.87. The molecule has 2 rings (SSSR count). The lowest BCUT2D eigenvalue weighted by atomic mass is 9.85. The smallest absolute Gasteiger partial charge is 0.133 e. The lowest BCUT2D eigenvalue weighted by Crippen LogP contribution is -2.29. The first kappa shape index (κ1) is 13.5.